The fourth-order valence-electron chi connectivity index (χ4n) is 2.90. The van der Waals surface area contributed by atoms with Crippen molar-refractivity contribution in [3.63, 3.8) is 0 Å². The van der Waals surface area contributed by atoms with Crippen molar-refractivity contribution in [3.05, 3.63) is 71.5 Å². The Kier molecular flexibility index (Phi) is 2.48. The van der Waals surface area contributed by atoms with Crippen LogP contribution in [0.15, 0.2) is 76.5 Å². The van der Waals surface area contributed by atoms with Crippen molar-refractivity contribution in [1.29, 1.82) is 0 Å². The number of carbonyl (C=O) groups excluding carboxylic acids is 2. The Hall–Kier alpha value is -3.41. The monoisotopic (exact) mass is 318 g/mol. The van der Waals surface area contributed by atoms with Crippen LogP contribution in [0.4, 0.5) is 5.69 Å². The molecule has 6 heteroatoms. The molecule has 2 heterocycles. The normalized spacial score (nSPS) is 23.3. The minimum Gasteiger partial charge on any atom is -0.478 e. The van der Waals surface area contributed by atoms with Gasteiger partial charge in [0.1, 0.15) is 17.2 Å². The van der Waals surface area contributed by atoms with Crippen LogP contribution in [0.1, 0.15) is 0 Å². The number of ether oxygens (including phenoxy) is 2. The average Bonchev–Trinajstić information content (AvgIpc) is 2.58. The largest absolute Gasteiger partial charge is 0.478 e. The number of ketones is 2. The fourth-order valence-corrected chi connectivity index (χ4v) is 2.90. The Morgan fingerprint density at radius 2 is 1.83 bits per heavy atom. The second-order valence-electron chi connectivity index (χ2n) is 5.66. The van der Waals surface area contributed by atoms with E-state index in [1.54, 1.807) is 6.08 Å². The summed E-state index contributed by atoms with van der Waals surface area (Å²) in [6.07, 6.45) is 5.67. The van der Waals surface area contributed by atoms with Crippen LogP contribution < -0.4 is 10.1 Å². The fraction of sp³-hybridized carbons (Fsp3) is 0.0556. The van der Waals surface area contributed by atoms with Crippen molar-refractivity contribution < 1.29 is 19.1 Å². The molecule has 5 rings (SSSR count). The summed E-state index contributed by atoms with van der Waals surface area (Å²) in [4.78, 5) is 27.6. The van der Waals surface area contributed by atoms with Gasteiger partial charge in [0.05, 0.1) is 11.4 Å². The maximum Gasteiger partial charge on any atom is 0.229 e. The summed E-state index contributed by atoms with van der Waals surface area (Å²) in [6, 6.07) is 7.51. The molecule has 1 atom stereocenters. The first-order valence-electron chi connectivity index (χ1n) is 7.42. The number of para-hydroxylation sites is 2. The molecule has 0 aromatic heterocycles. The van der Waals surface area contributed by atoms with Gasteiger partial charge in [-0.3, -0.25) is 9.59 Å². The maximum absolute atomic E-state index is 11.5. The molecular weight excluding hydrogens is 308 g/mol. The number of benzene rings is 1. The highest BCUT2D eigenvalue weighted by molar-refractivity contribution is 6.46. The Bertz CT molecular complexity index is 978. The van der Waals surface area contributed by atoms with Gasteiger partial charge in [0.25, 0.3) is 0 Å². The minimum atomic E-state index is -0.587. The second-order valence-corrected chi connectivity index (χ2v) is 5.66. The third kappa shape index (κ3) is 1.86. The summed E-state index contributed by atoms with van der Waals surface area (Å²) < 4.78 is 11.7. The first kappa shape index (κ1) is 13.1. The lowest BCUT2D eigenvalue weighted by molar-refractivity contribution is -0.131. The maximum atomic E-state index is 11.5. The van der Waals surface area contributed by atoms with Crippen LogP contribution in [0.5, 0.6) is 5.75 Å². The summed E-state index contributed by atoms with van der Waals surface area (Å²) in [6.45, 7) is 0. The van der Waals surface area contributed by atoms with Crippen LogP contribution in [-0.4, -0.2) is 23.4 Å². The molecule has 0 amide bonds. The summed E-state index contributed by atoms with van der Waals surface area (Å²) >= 11 is 0. The van der Waals surface area contributed by atoms with Crippen LogP contribution in [0.25, 0.3) is 0 Å². The molecule has 0 saturated carbocycles. The van der Waals surface area contributed by atoms with Gasteiger partial charge < -0.3 is 14.8 Å². The van der Waals surface area contributed by atoms with Gasteiger partial charge in [0.2, 0.25) is 11.6 Å². The van der Waals surface area contributed by atoms with E-state index < -0.39 is 17.7 Å². The molecule has 0 radical (unpaired) electrons. The number of carbonyl (C=O) groups is 2. The number of nitrogens with one attached hydrogen (secondary N) is 1. The van der Waals surface area contributed by atoms with E-state index in [2.05, 4.69) is 10.3 Å². The molecule has 116 valence electrons. The summed E-state index contributed by atoms with van der Waals surface area (Å²) in [5.41, 5.74) is 2.67. The summed E-state index contributed by atoms with van der Waals surface area (Å²) in [5, 5.41) is 3.14. The smallest absolute Gasteiger partial charge is 0.229 e. The van der Waals surface area contributed by atoms with Crippen LogP contribution in [0.2, 0.25) is 0 Å². The zero-order valence-corrected chi connectivity index (χ0v) is 12.3. The van der Waals surface area contributed by atoms with Gasteiger partial charge in [0.15, 0.2) is 17.6 Å². The second kappa shape index (κ2) is 4.55. The van der Waals surface area contributed by atoms with Crippen LogP contribution in [-0.2, 0) is 14.3 Å². The van der Waals surface area contributed by atoms with Gasteiger partial charge >= 0.3 is 0 Å². The van der Waals surface area contributed by atoms with Crippen molar-refractivity contribution in [3.8, 4) is 5.75 Å². The molecule has 1 N–H and O–H groups in total. The van der Waals surface area contributed by atoms with Gasteiger partial charge in [0, 0.05) is 18.2 Å². The number of hydrogen-bond donors (Lipinski definition) is 1. The highest BCUT2D eigenvalue weighted by Crippen LogP contribution is 2.37. The summed E-state index contributed by atoms with van der Waals surface area (Å²) in [5.74, 6) is 0.497. The number of aliphatic imine (C=N–C) groups is 1. The molecule has 2 aliphatic carbocycles. The zero-order chi connectivity index (χ0) is 16.3. The molecule has 1 aromatic rings. The lowest BCUT2D eigenvalue weighted by Crippen LogP contribution is -2.38. The van der Waals surface area contributed by atoms with E-state index in [1.807, 2.05) is 30.3 Å². The van der Waals surface area contributed by atoms with E-state index in [4.69, 9.17) is 9.47 Å². The van der Waals surface area contributed by atoms with E-state index in [0.29, 0.717) is 28.7 Å². The molecule has 2 aliphatic heterocycles. The minimum absolute atomic E-state index is 0.357. The van der Waals surface area contributed by atoms with Gasteiger partial charge in [-0.2, -0.15) is 0 Å². The van der Waals surface area contributed by atoms with Crippen molar-refractivity contribution >= 4 is 23.0 Å². The lowest BCUT2D eigenvalue weighted by Gasteiger charge is -2.34. The van der Waals surface area contributed by atoms with E-state index in [1.165, 1.54) is 12.2 Å². The molecule has 6 nitrogen and oxygen atoms in total. The lowest BCUT2D eigenvalue weighted by atomic mass is 10.00. The first-order chi connectivity index (χ1) is 11.7. The zero-order valence-electron chi connectivity index (χ0n) is 12.3. The molecular formula is C18H10N2O4. The van der Waals surface area contributed by atoms with Crippen molar-refractivity contribution in [2.24, 2.45) is 4.99 Å². The first-order valence-corrected chi connectivity index (χ1v) is 7.42. The number of allylic oxidation sites excluding steroid dienone is 3. The molecule has 1 aromatic carbocycles. The number of hydrogen-bond acceptors (Lipinski definition) is 6. The average molecular weight is 318 g/mol. The number of nitrogens with zero attached hydrogens (tertiary/aromatic N) is 1. The molecule has 1 saturated heterocycles. The predicted octanol–water partition coefficient (Wildman–Crippen LogP) is 1.84. The number of morpholine rings is 1. The predicted molar refractivity (Wildman–Crippen MR) is 84.5 cm³/mol. The van der Waals surface area contributed by atoms with Gasteiger partial charge in [-0.25, -0.2) is 4.99 Å². The quantitative estimate of drug-likeness (QED) is 0.583. The van der Waals surface area contributed by atoms with E-state index in [0.717, 1.165) is 11.4 Å². The highest BCUT2D eigenvalue weighted by atomic mass is 16.5. The molecule has 4 aliphatic rings. The van der Waals surface area contributed by atoms with Crippen molar-refractivity contribution in [2.45, 2.75) is 6.10 Å². The van der Waals surface area contributed by atoms with E-state index in [9.17, 15) is 9.59 Å². The SMILES string of the molecule is O=C1C=C2NC3=CC4=Nc5ccccc5OC4=CC3OC2=CC1=O. The number of rotatable bonds is 0. The Morgan fingerprint density at radius 3 is 2.75 bits per heavy atom. The molecule has 0 bridgehead atoms. The van der Waals surface area contributed by atoms with Crippen LogP contribution in [0, 0.1) is 0 Å². The van der Waals surface area contributed by atoms with Gasteiger partial charge in [-0.1, -0.05) is 12.1 Å². The van der Waals surface area contributed by atoms with E-state index in [-0.39, 0.29) is 0 Å². The van der Waals surface area contributed by atoms with Crippen molar-refractivity contribution in [2.75, 3.05) is 0 Å². The number of fused-ring (bicyclic) bond motifs is 4. The Morgan fingerprint density at radius 1 is 1.00 bits per heavy atom. The van der Waals surface area contributed by atoms with Crippen molar-refractivity contribution in [1.82, 2.24) is 5.32 Å². The summed E-state index contributed by atoms with van der Waals surface area (Å²) in [7, 11) is 0. The van der Waals surface area contributed by atoms with E-state index >= 15 is 0 Å². The molecule has 0 spiro atoms. The molecule has 24 heavy (non-hydrogen) atoms. The third-order valence-corrected chi connectivity index (χ3v) is 4.06. The topological polar surface area (TPSA) is 77.0 Å². The Balaban J connectivity index is 1.56. The molecule has 1 unspecified atom stereocenters. The molecule has 1 fully saturated rings. The van der Waals surface area contributed by atoms with Gasteiger partial charge in [-0.15, -0.1) is 0 Å². The third-order valence-electron chi connectivity index (χ3n) is 4.06. The highest BCUT2D eigenvalue weighted by Gasteiger charge is 2.34. The van der Waals surface area contributed by atoms with Gasteiger partial charge in [-0.05, 0) is 18.2 Å². The Labute approximate surface area is 136 Å². The van der Waals surface area contributed by atoms with Crippen LogP contribution >= 0.6 is 0 Å². The standard InChI is InChI=1S/C18H10N2O4/c21-13-6-12-16(7-14(13)22)24-18-8-17-10(5-11(18)20-12)19-9-3-1-2-4-15(9)23-17/h1-8,18,20H. The van der Waals surface area contributed by atoms with Crippen LogP contribution in [0.3, 0.4) is 0 Å².